The molecule has 4 nitrogen and oxygen atoms in total. The van der Waals surface area contributed by atoms with E-state index in [4.69, 9.17) is 15.2 Å². The molecule has 2 aliphatic rings. The van der Waals surface area contributed by atoms with Crippen molar-refractivity contribution >= 4 is 5.97 Å². The molecule has 1 spiro atoms. The predicted molar refractivity (Wildman–Crippen MR) is 46.0 cm³/mol. The maximum absolute atomic E-state index is 11.2. The van der Waals surface area contributed by atoms with E-state index < -0.39 is 0 Å². The number of esters is 1. The van der Waals surface area contributed by atoms with Gasteiger partial charge < -0.3 is 15.2 Å². The van der Waals surface area contributed by atoms with E-state index in [1.165, 1.54) is 0 Å². The van der Waals surface area contributed by atoms with Gasteiger partial charge in [-0.1, -0.05) is 0 Å². The van der Waals surface area contributed by atoms with Crippen LogP contribution in [0.2, 0.25) is 0 Å². The first kappa shape index (κ1) is 8.97. The molecule has 0 amide bonds. The minimum absolute atomic E-state index is 0.00984. The van der Waals surface area contributed by atoms with Crippen LogP contribution in [-0.4, -0.2) is 31.8 Å². The van der Waals surface area contributed by atoms with E-state index in [0.29, 0.717) is 13.0 Å². The van der Waals surface area contributed by atoms with Gasteiger partial charge in [0.2, 0.25) is 0 Å². The predicted octanol–water partition coefficient (Wildman–Crippen LogP) is 0.0574. The van der Waals surface area contributed by atoms with Crippen LogP contribution >= 0.6 is 0 Å². The Morgan fingerprint density at radius 1 is 1.46 bits per heavy atom. The van der Waals surface area contributed by atoms with Crippen molar-refractivity contribution in [1.82, 2.24) is 0 Å². The summed E-state index contributed by atoms with van der Waals surface area (Å²) in [6.07, 6.45) is 2.25. The number of ether oxygens (including phenoxy) is 2. The molecule has 2 N–H and O–H groups in total. The quantitative estimate of drug-likeness (QED) is 0.587. The molecule has 0 bridgehead atoms. The highest BCUT2D eigenvalue weighted by Crippen LogP contribution is 2.43. The van der Waals surface area contributed by atoms with Gasteiger partial charge in [0.25, 0.3) is 0 Å². The molecule has 0 radical (unpaired) electrons. The lowest BCUT2D eigenvalue weighted by Gasteiger charge is -2.35. The first-order chi connectivity index (χ1) is 6.27. The van der Waals surface area contributed by atoms with E-state index >= 15 is 0 Å². The summed E-state index contributed by atoms with van der Waals surface area (Å²) in [5, 5.41) is 0. The largest absolute Gasteiger partial charge is 0.460 e. The lowest BCUT2D eigenvalue weighted by molar-refractivity contribution is -0.141. The van der Waals surface area contributed by atoms with Gasteiger partial charge in [-0.05, 0) is 12.8 Å². The number of cyclic esters (lactones) is 1. The summed E-state index contributed by atoms with van der Waals surface area (Å²) >= 11 is 0. The van der Waals surface area contributed by atoms with Gasteiger partial charge in [-0.15, -0.1) is 0 Å². The van der Waals surface area contributed by atoms with Crippen molar-refractivity contribution in [3.8, 4) is 0 Å². The number of carbonyl (C=O) groups is 1. The lowest BCUT2D eigenvalue weighted by atomic mass is 9.74. The van der Waals surface area contributed by atoms with E-state index in [1.54, 1.807) is 0 Å². The van der Waals surface area contributed by atoms with Crippen LogP contribution in [-0.2, 0) is 14.3 Å². The summed E-state index contributed by atoms with van der Waals surface area (Å²) in [7, 11) is 0. The van der Waals surface area contributed by atoms with E-state index in [1.807, 2.05) is 0 Å². The van der Waals surface area contributed by atoms with Crippen molar-refractivity contribution in [1.29, 1.82) is 0 Å². The molecule has 4 heteroatoms. The zero-order chi connectivity index (χ0) is 9.31. The van der Waals surface area contributed by atoms with Gasteiger partial charge in [0.05, 0.1) is 6.42 Å². The van der Waals surface area contributed by atoms with E-state index in [0.717, 1.165) is 26.1 Å². The fourth-order valence-corrected chi connectivity index (χ4v) is 2.30. The van der Waals surface area contributed by atoms with Crippen LogP contribution in [0, 0.1) is 5.41 Å². The second kappa shape index (κ2) is 3.27. The Balaban J connectivity index is 2.13. The smallest absolute Gasteiger partial charge is 0.306 e. The van der Waals surface area contributed by atoms with Gasteiger partial charge in [-0.2, -0.15) is 0 Å². The molecule has 0 aromatic rings. The van der Waals surface area contributed by atoms with Crippen LogP contribution < -0.4 is 5.73 Å². The summed E-state index contributed by atoms with van der Waals surface area (Å²) in [5.41, 5.74) is 5.57. The molecule has 0 aliphatic carbocycles. The molecule has 1 unspecified atom stereocenters. The zero-order valence-electron chi connectivity index (χ0n) is 7.62. The maximum Gasteiger partial charge on any atom is 0.306 e. The van der Waals surface area contributed by atoms with Crippen LogP contribution in [0.1, 0.15) is 19.3 Å². The Kier molecular flexibility index (Phi) is 2.26. The normalized spacial score (nSPS) is 32.1. The molecule has 0 saturated carbocycles. The van der Waals surface area contributed by atoms with E-state index in [2.05, 4.69) is 0 Å². The highest BCUT2D eigenvalue weighted by atomic mass is 16.6. The highest BCUT2D eigenvalue weighted by Gasteiger charge is 2.48. The van der Waals surface area contributed by atoms with Crippen molar-refractivity contribution in [3.05, 3.63) is 0 Å². The number of rotatable bonds is 1. The zero-order valence-corrected chi connectivity index (χ0v) is 7.62. The minimum Gasteiger partial charge on any atom is -0.460 e. The third kappa shape index (κ3) is 1.44. The Hall–Kier alpha value is -0.610. The molecule has 0 aromatic heterocycles. The average Bonchev–Trinajstić information content (AvgIpc) is 2.43. The van der Waals surface area contributed by atoms with Crippen LogP contribution in [0.3, 0.4) is 0 Å². The molecule has 2 saturated heterocycles. The Labute approximate surface area is 77.4 Å². The van der Waals surface area contributed by atoms with Crippen molar-refractivity contribution in [2.45, 2.75) is 25.4 Å². The fourth-order valence-electron chi connectivity index (χ4n) is 2.30. The molecule has 74 valence electrons. The first-order valence-corrected chi connectivity index (χ1v) is 4.74. The van der Waals surface area contributed by atoms with Gasteiger partial charge in [0.15, 0.2) is 0 Å². The lowest BCUT2D eigenvalue weighted by Crippen LogP contribution is -2.41. The summed E-state index contributed by atoms with van der Waals surface area (Å²) in [5.74, 6) is -0.0997. The molecule has 13 heavy (non-hydrogen) atoms. The first-order valence-electron chi connectivity index (χ1n) is 4.74. The maximum atomic E-state index is 11.2. The topological polar surface area (TPSA) is 61.5 Å². The molecule has 2 heterocycles. The van der Waals surface area contributed by atoms with Crippen molar-refractivity contribution < 1.29 is 14.3 Å². The van der Waals surface area contributed by atoms with Gasteiger partial charge >= 0.3 is 5.97 Å². The monoisotopic (exact) mass is 185 g/mol. The van der Waals surface area contributed by atoms with Crippen molar-refractivity contribution in [2.24, 2.45) is 11.1 Å². The van der Waals surface area contributed by atoms with Crippen molar-refractivity contribution in [3.63, 3.8) is 0 Å². The third-order valence-electron chi connectivity index (χ3n) is 3.16. The number of hydrogen-bond acceptors (Lipinski definition) is 4. The fraction of sp³-hybridized carbons (Fsp3) is 0.889. The summed E-state index contributed by atoms with van der Waals surface area (Å²) in [6, 6.07) is 0. The van der Waals surface area contributed by atoms with Crippen LogP contribution in [0.25, 0.3) is 0 Å². The summed E-state index contributed by atoms with van der Waals surface area (Å²) in [4.78, 5) is 11.2. The molecular weight excluding hydrogens is 170 g/mol. The minimum atomic E-state index is -0.0997. The van der Waals surface area contributed by atoms with Gasteiger partial charge in [0, 0.05) is 25.2 Å². The van der Waals surface area contributed by atoms with Gasteiger partial charge in [-0.3, -0.25) is 4.79 Å². The Bertz CT molecular complexity index is 211. The standard InChI is InChI=1S/C9H15NO3/c10-6-7-9(5-8(11)13-7)1-3-12-4-2-9/h7H,1-6,10H2. The number of carbonyl (C=O) groups excluding carboxylic acids is 1. The number of hydrogen-bond donors (Lipinski definition) is 1. The van der Waals surface area contributed by atoms with E-state index in [9.17, 15) is 4.79 Å². The van der Waals surface area contributed by atoms with Crippen LogP contribution in [0.4, 0.5) is 0 Å². The van der Waals surface area contributed by atoms with Gasteiger partial charge in [0.1, 0.15) is 6.10 Å². The SMILES string of the molecule is NCC1OC(=O)CC12CCOCC2. The molecular formula is C9H15NO3. The van der Waals surface area contributed by atoms with Crippen molar-refractivity contribution in [2.75, 3.05) is 19.8 Å². The Morgan fingerprint density at radius 2 is 2.15 bits per heavy atom. The Morgan fingerprint density at radius 3 is 2.77 bits per heavy atom. The molecule has 2 aliphatic heterocycles. The summed E-state index contributed by atoms with van der Waals surface area (Å²) in [6.45, 7) is 1.89. The molecule has 2 fully saturated rings. The van der Waals surface area contributed by atoms with Crippen LogP contribution in [0.5, 0.6) is 0 Å². The molecule has 1 atom stereocenters. The second-order valence-electron chi connectivity index (χ2n) is 3.87. The molecule has 0 aromatic carbocycles. The average molecular weight is 185 g/mol. The van der Waals surface area contributed by atoms with Gasteiger partial charge in [-0.25, -0.2) is 0 Å². The van der Waals surface area contributed by atoms with Crippen LogP contribution in [0.15, 0.2) is 0 Å². The second-order valence-corrected chi connectivity index (χ2v) is 3.87. The third-order valence-corrected chi connectivity index (χ3v) is 3.16. The summed E-state index contributed by atoms with van der Waals surface area (Å²) < 4.78 is 10.5. The highest BCUT2D eigenvalue weighted by molar-refractivity contribution is 5.73. The van der Waals surface area contributed by atoms with E-state index in [-0.39, 0.29) is 17.5 Å². The molecule has 2 rings (SSSR count). The number of nitrogens with two attached hydrogens (primary N) is 1.